The van der Waals surface area contributed by atoms with E-state index in [4.69, 9.17) is 12.2 Å². The summed E-state index contributed by atoms with van der Waals surface area (Å²) < 4.78 is 0. The van der Waals surface area contributed by atoms with Gasteiger partial charge >= 0.3 is 0 Å². The van der Waals surface area contributed by atoms with Crippen LogP contribution in [0, 0.1) is 17.8 Å². The van der Waals surface area contributed by atoms with Gasteiger partial charge in [0.05, 0.1) is 5.41 Å². The Hall–Kier alpha value is -1.01. The van der Waals surface area contributed by atoms with Crippen molar-refractivity contribution in [1.82, 2.24) is 5.32 Å². The molecule has 0 aromatic carbocycles. The smallest absolute Gasteiger partial charge is 0.227 e. The molecule has 1 amide bonds. The summed E-state index contributed by atoms with van der Waals surface area (Å²) in [4.78, 5) is 11.7. The van der Waals surface area contributed by atoms with E-state index in [9.17, 15) is 4.79 Å². The lowest BCUT2D eigenvalue weighted by Crippen LogP contribution is -2.55. The van der Waals surface area contributed by atoms with Crippen LogP contribution < -0.4 is 11.1 Å². The first-order valence-corrected chi connectivity index (χ1v) is 4.74. The van der Waals surface area contributed by atoms with Crippen molar-refractivity contribution in [1.29, 1.82) is 0 Å². The van der Waals surface area contributed by atoms with Gasteiger partial charge in [-0.05, 0) is 27.7 Å². The Morgan fingerprint density at radius 3 is 2.29 bits per heavy atom. The van der Waals surface area contributed by atoms with Crippen molar-refractivity contribution in [2.45, 2.75) is 39.7 Å². The highest BCUT2D eigenvalue weighted by molar-refractivity contribution is 5.83. The molecule has 0 aliphatic carbocycles. The second-order valence-corrected chi connectivity index (χ2v) is 4.56. The lowest BCUT2D eigenvalue weighted by molar-refractivity contribution is -0.132. The Labute approximate surface area is 86.4 Å². The fourth-order valence-corrected chi connectivity index (χ4v) is 0.762. The Morgan fingerprint density at radius 2 is 1.93 bits per heavy atom. The zero-order valence-electron chi connectivity index (χ0n) is 9.48. The van der Waals surface area contributed by atoms with Crippen LogP contribution in [0.25, 0.3) is 0 Å². The molecule has 0 fully saturated rings. The van der Waals surface area contributed by atoms with E-state index in [1.807, 2.05) is 27.7 Å². The van der Waals surface area contributed by atoms with E-state index in [1.165, 1.54) is 0 Å². The van der Waals surface area contributed by atoms with Gasteiger partial charge in [-0.3, -0.25) is 4.79 Å². The van der Waals surface area contributed by atoms with E-state index in [1.54, 1.807) is 0 Å². The van der Waals surface area contributed by atoms with Crippen LogP contribution in [0.4, 0.5) is 0 Å². The molecule has 14 heavy (non-hydrogen) atoms. The highest BCUT2D eigenvalue weighted by Crippen LogP contribution is 2.28. The van der Waals surface area contributed by atoms with E-state index in [-0.39, 0.29) is 5.91 Å². The van der Waals surface area contributed by atoms with E-state index >= 15 is 0 Å². The van der Waals surface area contributed by atoms with Gasteiger partial charge in [-0.15, -0.1) is 12.3 Å². The van der Waals surface area contributed by atoms with Crippen molar-refractivity contribution in [2.75, 3.05) is 6.54 Å². The van der Waals surface area contributed by atoms with E-state index in [2.05, 4.69) is 11.2 Å². The molecule has 0 saturated carbocycles. The van der Waals surface area contributed by atoms with Gasteiger partial charge in [0.2, 0.25) is 5.91 Å². The number of carbonyl (C=O) groups is 1. The number of terminal acetylenes is 1. The van der Waals surface area contributed by atoms with Gasteiger partial charge < -0.3 is 11.1 Å². The molecule has 0 aromatic rings. The minimum Gasteiger partial charge on any atom is -0.355 e. The Morgan fingerprint density at radius 1 is 1.43 bits per heavy atom. The standard InChI is InChI=1S/C11H20N2O/c1-6-7-8-13-9(14)10(2,3)11(4,5)12/h1H,7-8,12H2,2-5H3,(H,13,14). The van der Waals surface area contributed by atoms with Crippen LogP contribution >= 0.6 is 0 Å². The molecule has 0 heterocycles. The van der Waals surface area contributed by atoms with Gasteiger partial charge in [-0.25, -0.2) is 0 Å². The minimum atomic E-state index is -0.596. The van der Waals surface area contributed by atoms with Crippen molar-refractivity contribution < 1.29 is 4.79 Å². The van der Waals surface area contributed by atoms with Gasteiger partial charge in [-0.1, -0.05) is 0 Å². The average molecular weight is 196 g/mol. The Balaban J connectivity index is 4.32. The summed E-state index contributed by atoms with van der Waals surface area (Å²) in [5.41, 5.74) is 4.77. The van der Waals surface area contributed by atoms with Crippen molar-refractivity contribution >= 4 is 5.91 Å². The number of amides is 1. The van der Waals surface area contributed by atoms with Crippen molar-refractivity contribution in [3.63, 3.8) is 0 Å². The maximum absolute atomic E-state index is 11.7. The van der Waals surface area contributed by atoms with Gasteiger partial charge in [-0.2, -0.15) is 0 Å². The van der Waals surface area contributed by atoms with Crippen LogP contribution in [0.3, 0.4) is 0 Å². The first-order valence-electron chi connectivity index (χ1n) is 4.74. The zero-order valence-corrected chi connectivity index (χ0v) is 9.48. The SMILES string of the molecule is C#CCCNC(=O)C(C)(C)C(C)(C)N. The maximum atomic E-state index is 11.7. The Kier molecular flexibility index (Phi) is 4.15. The largest absolute Gasteiger partial charge is 0.355 e. The topological polar surface area (TPSA) is 55.1 Å². The van der Waals surface area contributed by atoms with Crippen LogP contribution in [-0.4, -0.2) is 18.0 Å². The molecule has 3 nitrogen and oxygen atoms in total. The molecule has 0 aromatic heterocycles. The summed E-state index contributed by atoms with van der Waals surface area (Å²) in [6, 6.07) is 0. The molecule has 3 heteroatoms. The summed E-state index contributed by atoms with van der Waals surface area (Å²) in [6.07, 6.45) is 5.63. The molecule has 0 unspecified atom stereocenters. The molecule has 0 aliphatic rings. The van der Waals surface area contributed by atoms with Crippen LogP contribution in [0.2, 0.25) is 0 Å². The highest BCUT2D eigenvalue weighted by atomic mass is 16.2. The molecular formula is C11H20N2O. The van der Waals surface area contributed by atoms with Crippen molar-refractivity contribution in [3.8, 4) is 12.3 Å². The number of hydrogen-bond acceptors (Lipinski definition) is 2. The van der Waals surface area contributed by atoms with Crippen molar-refractivity contribution in [2.24, 2.45) is 11.1 Å². The van der Waals surface area contributed by atoms with Gasteiger partial charge in [0.1, 0.15) is 0 Å². The summed E-state index contributed by atoms with van der Waals surface area (Å²) in [5, 5.41) is 2.77. The summed E-state index contributed by atoms with van der Waals surface area (Å²) in [7, 11) is 0. The third kappa shape index (κ3) is 3.04. The fourth-order valence-electron chi connectivity index (χ4n) is 0.762. The number of nitrogens with two attached hydrogens (primary N) is 1. The molecule has 0 spiro atoms. The fraction of sp³-hybridized carbons (Fsp3) is 0.727. The maximum Gasteiger partial charge on any atom is 0.227 e. The summed E-state index contributed by atoms with van der Waals surface area (Å²) in [5.74, 6) is 2.41. The van der Waals surface area contributed by atoms with Crippen molar-refractivity contribution in [3.05, 3.63) is 0 Å². The van der Waals surface area contributed by atoms with Crippen LogP contribution in [0.15, 0.2) is 0 Å². The predicted octanol–water partition coefficient (Wildman–Crippen LogP) is 0.889. The van der Waals surface area contributed by atoms with Gasteiger partial charge in [0, 0.05) is 18.5 Å². The third-order valence-corrected chi connectivity index (χ3v) is 2.73. The molecule has 0 rings (SSSR count). The molecule has 0 bridgehead atoms. The lowest BCUT2D eigenvalue weighted by Gasteiger charge is -2.36. The first kappa shape index (κ1) is 13.0. The monoisotopic (exact) mass is 196 g/mol. The Bertz CT molecular complexity index is 243. The first-order chi connectivity index (χ1) is 6.23. The van der Waals surface area contributed by atoms with E-state index in [0.717, 1.165) is 0 Å². The number of hydrogen-bond donors (Lipinski definition) is 2. The minimum absolute atomic E-state index is 0.0553. The summed E-state index contributed by atoms with van der Waals surface area (Å²) >= 11 is 0. The highest BCUT2D eigenvalue weighted by Gasteiger charge is 2.39. The molecule has 0 radical (unpaired) electrons. The number of carbonyl (C=O) groups excluding carboxylic acids is 1. The van der Waals surface area contributed by atoms with Crippen LogP contribution in [0.5, 0.6) is 0 Å². The molecule has 0 saturated heterocycles. The second kappa shape index (κ2) is 4.47. The number of nitrogens with one attached hydrogen (secondary N) is 1. The molecule has 0 atom stereocenters. The van der Waals surface area contributed by atoms with Gasteiger partial charge in [0.25, 0.3) is 0 Å². The summed E-state index contributed by atoms with van der Waals surface area (Å²) in [6.45, 7) is 7.85. The molecule has 3 N–H and O–H groups in total. The lowest BCUT2D eigenvalue weighted by atomic mass is 9.74. The van der Waals surface area contributed by atoms with E-state index < -0.39 is 11.0 Å². The molecule has 80 valence electrons. The third-order valence-electron chi connectivity index (χ3n) is 2.73. The van der Waals surface area contributed by atoms with Crippen LogP contribution in [-0.2, 0) is 4.79 Å². The normalized spacial score (nSPS) is 12.0. The van der Waals surface area contributed by atoms with Gasteiger partial charge in [0.15, 0.2) is 0 Å². The molecule has 0 aliphatic heterocycles. The predicted molar refractivity (Wildman–Crippen MR) is 58.5 cm³/mol. The quantitative estimate of drug-likeness (QED) is 0.518. The zero-order chi connectivity index (χ0) is 11.4. The average Bonchev–Trinajstić information content (AvgIpc) is 2.02. The van der Waals surface area contributed by atoms with E-state index in [0.29, 0.717) is 13.0 Å². The van der Waals surface area contributed by atoms with Crippen LogP contribution in [0.1, 0.15) is 34.1 Å². The second-order valence-electron chi connectivity index (χ2n) is 4.56. The number of rotatable bonds is 4. The molecular weight excluding hydrogens is 176 g/mol.